The Kier molecular flexibility index (Phi) is 5.79. The Bertz CT molecular complexity index is 962. The second-order valence-electron chi connectivity index (χ2n) is 7.53. The van der Waals surface area contributed by atoms with Crippen molar-refractivity contribution in [2.24, 2.45) is 5.92 Å². The largest absolute Gasteiger partial charge is 0.356 e. The molecule has 29 heavy (non-hydrogen) atoms. The van der Waals surface area contributed by atoms with E-state index in [1.54, 1.807) is 12.4 Å². The lowest BCUT2D eigenvalue weighted by molar-refractivity contribution is 0.0946. The van der Waals surface area contributed by atoms with Gasteiger partial charge in [-0.2, -0.15) is 0 Å². The molecule has 0 saturated carbocycles. The first-order chi connectivity index (χ1) is 14.2. The van der Waals surface area contributed by atoms with Crippen molar-refractivity contribution in [3.8, 4) is 11.4 Å². The average molecular weight is 387 g/mol. The quantitative estimate of drug-likeness (QED) is 0.723. The van der Waals surface area contributed by atoms with Gasteiger partial charge in [-0.25, -0.2) is 9.97 Å². The van der Waals surface area contributed by atoms with Gasteiger partial charge >= 0.3 is 0 Å². The third-order valence-electron chi connectivity index (χ3n) is 5.16. The molecule has 1 fully saturated rings. The predicted molar refractivity (Wildman–Crippen MR) is 113 cm³/mol. The van der Waals surface area contributed by atoms with Crippen LogP contribution in [0.3, 0.4) is 0 Å². The van der Waals surface area contributed by atoms with E-state index in [1.807, 2.05) is 48.5 Å². The number of anilines is 1. The molecule has 1 aromatic carbocycles. The summed E-state index contributed by atoms with van der Waals surface area (Å²) in [6.07, 6.45) is 5.80. The van der Waals surface area contributed by atoms with E-state index < -0.39 is 0 Å². The molecule has 148 valence electrons. The number of piperidine rings is 1. The Morgan fingerprint density at radius 1 is 1.14 bits per heavy atom. The number of benzene rings is 1. The standard InChI is InChI=1S/C23H25N5O/c1-17-6-5-13-28(16-17)21-14-20(23(29)25-15-18-9-11-24-12-10-18)26-22(27-21)19-7-3-2-4-8-19/h2-4,7-12,14,17H,5-6,13,15-16H2,1H3,(H,25,29). The minimum Gasteiger partial charge on any atom is -0.356 e. The summed E-state index contributed by atoms with van der Waals surface area (Å²) in [5, 5.41) is 2.96. The van der Waals surface area contributed by atoms with Crippen molar-refractivity contribution in [1.82, 2.24) is 20.3 Å². The third-order valence-corrected chi connectivity index (χ3v) is 5.16. The molecule has 3 aromatic rings. The first-order valence-electron chi connectivity index (χ1n) is 10.1. The summed E-state index contributed by atoms with van der Waals surface area (Å²) in [7, 11) is 0. The topological polar surface area (TPSA) is 71.0 Å². The van der Waals surface area contributed by atoms with E-state index >= 15 is 0 Å². The number of nitrogens with one attached hydrogen (secondary N) is 1. The van der Waals surface area contributed by atoms with Gasteiger partial charge in [0.25, 0.3) is 5.91 Å². The molecule has 1 atom stereocenters. The highest BCUT2D eigenvalue weighted by Gasteiger charge is 2.21. The number of amides is 1. The molecule has 1 N–H and O–H groups in total. The predicted octanol–water partition coefficient (Wildman–Crippen LogP) is 3.70. The van der Waals surface area contributed by atoms with Crippen molar-refractivity contribution in [3.63, 3.8) is 0 Å². The zero-order chi connectivity index (χ0) is 20.1. The summed E-state index contributed by atoms with van der Waals surface area (Å²) in [5.74, 6) is 1.81. The van der Waals surface area contributed by atoms with Gasteiger partial charge in [0.05, 0.1) is 0 Å². The SMILES string of the molecule is CC1CCCN(c2cc(C(=O)NCc3ccncc3)nc(-c3ccccc3)n2)C1. The number of rotatable bonds is 5. The molecule has 4 rings (SSSR count). The molecule has 1 aliphatic heterocycles. The van der Waals surface area contributed by atoms with Crippen LogP contribution < -0.4 is 10.2 Å². The minimum absolute atomic E-state index is 0.201. The maximum absolute atomic E-state index is 12.9. The number of carbonyl (C=O) groups excluding carboxylic acids is 1. The van der Waals surface area contributed by atoms with E-state index in [9.17, 15) is 4.79 Å². The fourth-order valence-corrected chi connectivity index (χ4v) is 3.60. The van der Waals surface area contributed by atoms with Gasteiger partial charge in [0.2, 0.25) is 0 Å². The summed E-state index contributed by atoms with van der Waals surface area (Å²) in [4.78, 5) is 28.5. The van der Waals surface area contributed by atoms with Gasteiger partial charge in [0.15, 0.2) is 5.82 Å². The van der Waals surface area contributed by atoms with Crippen LogP contribution in [0.4, 0.5) is 5.82 Å². The number of carbonyl (C=O) groups is 1. The maximum Gasteiger partial charge on any atom is 0.270 e. The van der Waals surface area contributed by atoms with Gasteiger partial charge < -0.3 is 10.2 Å². The van der Waals surface area contributed by atoms with Crippen LogP contribution in [-0.4, -0.2) is 33.9 Å². The Balaban J connectivity index is 1.63. The summed E-state index contributed by atoms with van der Waals surface area (Å²) >= 11 is 0. The van der Waals surface area contributed by atoms with Crippen LogP contribution in [0.5, 0.6) is 0 Å². The van der Waals surface area contributed by atoms with Crippen LogP contribution in [0.2, 0.25) is 0 Å². The molecule has 1 unspecified atom stereocenters. The zero-order valence-electron chi connectivity index (χ0n) is 16.6. The number of aromatic nitrogens is 3. The second kappa shape index (κ2) is 8.82. The number of nitrogens with zero attached hydrogens (tertiary/aromatic N) is 4. The van der Waals surface area contributed by atoms with Crippen molar-refractivity contribution >= 4 is 11.7 Å². The van der Waals surface area contributed by atoms with E-state index in [1.165, 1.54) is 6.42 Å². The highest BCUT2D eigenvalue weighted by atomic mass is 16.1. The molecular formula is C23H25N5O. The molecule has 1 saturated heterocycles. The highest BCUT2D eigenvalue weighted by Crippen LogP contribution is 2.24. The van der Waals surface area contributed by atoms with E-state index in [2.05, 4.69) is 27.1 Å². The van der Waals surface area contributed by atoms with Crippen LogP contribution in [-0.2, 0) is 6.54 Å². The van der Waals surface area contributed by atoms with Gasteiger partial charge in [0.1, 0.15) is 11.5 Å². The number of pyridine rings is 1. The summed E-state index contributed by atoms with van der Waals surface area (Å²) < 4.78 is 0. The van der Waals surface area contributed by atoms with Crippen molar-refractivity contribution in [2.75, 3.05) is 18.0 Å². The zero-order valence-corrected chi connectivity index (χ0v) is 16.6. The lowest BCUT2D eigenvalue weighted by Crippen LogP contribution is -2.35. The number of hydrogen-bond donors (Lipinski definition) is 1. The molecule has 3 heterocycles. The van der Waals surface area contributed by atoms with Crippen molar-refractivity contribution in [2.45, 2.75) is 26.3 Å². The first-order valence-corrected chi connectivity index (χ1v) is 10.1. The monoisotopic (exact) mass is 387 g/mol. The second-order valence-corrected chi connectivity index (χ2v) is 7.53. The van der Waals surface area contributed by atoms with Gasteiger partial charge in [-0.05, 0) is 36.5 Å². The normalized spacial score (nSPS) is 16.4. The van der Waals surface area contributed by atoms with Crippen LogP contribution in [0, 0.1) is 5.92 Å². The Morgan fingerprint density at radius 3 is 2.69 bits per heavy atom. The fraction of sp³-hybridized carbons (Fsp3) is 0.304. The molecule has 0 radical (unpaired) electrons. The lowest BCUT2D eigenvalue weighted by atomic mass is 10.0. The summed E-state index contributed by atoms with van der Waals surface area (Å²) in [6, 6.07) is 15.4. The lowest BCUT2D eigenvalue weighted by Gasteiger charge is -2.32. The Morgan fingerprint density at radius 2 is 1.93 bits per heavy atom. The molecule has 1 aliphatic rings. The van der Waals surface area contributed by atoms with Gasteiger partial charge in [0, 0.05) is 43.7 Å². The van der Waals surface area contributed by atoms with Crippen LogP contribution in [0.1, 0.15) is 35.8 Å². The molecular weight excluding hydrogens is 362 g/mol. The molecule has 0 aliphatic carbocycles. The van der Waals surface area contributed by atoms with Gasteiger partial charge in [-0.3, -0.25) is 9.78 Å². The smallest absolute Gasteiger partial charge is 0.270 e. The first kappa shape index (κ1) is 19.1. The number of hydrogen-bond acceptors (Lipinski definition) is 5. The molecule has 1 amide bonds. The fourth-order valence-electron chi connectivity index (χ4n) is 3.60. The molecule has 2 aromatic heterocycles. The molecule has 6 heteroatoms. The summed E-state index contributed by atoms with van der Waals surface area (Å²) in [6.45, 7) is 4.59. The van der Waals surface area contributed by atoms with E-state index in [0.29, 0.717) is 24.0 Å². The van der Waals surface area contributed by atoms with Gasteiger partial charge in [-0.15, -0.1) is 0 Å². The van der Waals surface area contributed by atoms with Crippen molar-refractivity contribution in [1.29, 1.82) is 0 Å². The summed E-state index contributed by atoms with van der Waals surface area (Å²) in [5.41, 5.74) is 2.29. The average Bonchev–Trinajstić information content (AvgIpc) is 2.78. The van der Waals surface area contributed by atoms with E-state index in [-0.39, 0.29) is 5.91 Å². The van der Waals surface area contributed by atoms with Crippen LogP contribution in [0.25, 0.3) is 11.4 Å². The van der Waals surface area contributed by atoms with Crippen molar-refractivity contribution < 1.29 is 4.79 Å². The van der Waals surface area contributed by atoms with Crippen LogP contribution in [0.15, 0.2) is 60.9 Å². The highest BCUT2D eigenvalue weighted by molar-refractivity contribution is 5.93. The molecule has 0 spiro atoms. The maximum atomic E-state index is 12.9. The molecule has 0 bridgehead atoms. The van der Waals surface area contributed by atoms with Gasteiger partial charge in [-0.1, -0.05) is 37.3 Å². The van der Waals surface area contributed by atoms with Crippen LogP contribution >= 0.6 is 0 Å². The van der Waals surface area contributed by atoms with E-state index in [4.69, 9.17) is 4.98 Å². The molecule has 6 nitrogen and oxygen atoms in total. The Labute approximate surface area is 171 Å². The van der Waals surface area contributed by atoms with E-state index in [0.717, 1.165) is 36.5 Å². The third kappa shape index (κ3) is 4.77. The minimum atomic E-state index is -0.201. The Hall–Kier alpha value is -3.28. The van der Waals surface area contributed by atoms with Crippen molar-refractivity contribution in [3.05, 3.63) is 72.2 Å².